The summed E-state index contributed by atoms with van der Waals surface area (Å²) >= 11 is 11.9. The molecule has 0 radical (unpaired) electrons. The molecule has 1 aliphatic heterocycles. The van der Waals surface area contributed by atoms with Gasteiger partial charge in [-0.1, -0.05) is 29.3 Å². The third-order valence-corrected chi connectivity index (χ3v) is 4.44. The largest absolute Gasteiger partial charge is 0.369 e. The van der Waals surface area contributed by atoms with Gasteiger partial charge in [0.2, 0.25) is 0 Å². The molecule has 0 unspecified atom stereocenters. The first-order valence-corrected chi connectivity index (χ1v) is 8.30. The van der Waals surface area contributed by atoms with Crippen LogP contribution in [-0.2, 0) is 0 Å². The summed E-state index contributed by atoms with van der Waals surface area (Å²) < 4.78 is 13.3. The standard InChI is InChI=1S/C17H16Cl2FN3O/c18-11-4-5-15(19)16(8-11)22-17(24)21-13-6-7-23(10-13)14-3-1-2-12(20)9-14/h1-5,8-9,13H,6-7,10H2,(H2,21,22,24)/t13-/m1/s1. The van der Waals surface area contributed by atoms with Crippen molar-refractivity contribution >= 4 is 40.6 Å². The third kappa shape index (κ3) is 4.10. The molecule has 2 aromatic carbocycles. The van der Waals surface area contributed by atoms with E-state index in [0.29, 0.717) is 22.3 Å². The highest BCUT2D eigenvalue weighted by Crippen LogP contribution is 2.25. The van der Waals surface area contributed by atoms with Gasteiger partial charge >= 0.3 is 6.03 Å². The van der Waals surface area contributed by atoms with Crippen LogP contribution in [0.5, 0.6) is 0 Å². The molecule has 2 amide bonds. The maximum atomic E-state index is 13.3. The van der Waals surface area contributed by atoms with Crippen LogP contribution in [0, 0.1) is 5.82 Å². The van der Waals surface area contributed by atoms with Crippen molar-refractivity contribution < 1.29 is 9.18 Å². The van der Waals surface area contributed by atoms with Gasteiger partial charge in [-0.15, -0.1) is 0 Å². The van der Waals surface area contributed by atoms with E-state index in [1.165, 1.54) is 12.1 Å². The average molecular weight is 368 g/mol. The van der Waals surface area contributed by atoms with Gasteiger partial charge in [0.05, 0.1) is 10.7 Å². The van der Waals surface area contributed by atoms with Crippen LogP contribution in [0.1, 0.15) is 6.42 Å². The van der Waals surface area contributed by atoms with E-state index >= 15 is 0 Å². The average Bonchev–Trinajstić information content (AvgIpc) is 2.99. The molecule has 1 saturated heterocycles. The fraction of sp³-hybridized carbons (Fsp3) is 0.235. The first kappa shape index (κ1) is 16.9. The maximum absolute atomic E-state index is 13.3. The molecule has 0 aromatic heterocycles. The van der Waals surface area contributed by atoms with Gasteiger partial charge in [-0.25, -0.2) is 9.18 Å². The molecule has 4 nitrogen and oxygen atoms in total. The number of hydrogen-bond donors (Lipinski definition) is 2. The van der Waals surface area contributed by atoms with Crippen molar-refractivity contribution in [3.8, 4) is 0 Å². The van der Waals surface area contributed by atoms with Crippen molar-refractivity contribution in [1.29, 1.82) is 0 Å². The van der Waals surface area contributed by atoms with Gasteiger partial charge in [-0.05, 0) is 42.8 Å². The van der Waals surface area contributed by atoms with E-state index in [4.69, 9.17) is 23.2 Å². The second-order valence-corrected chi connectivity index (χ2v) is 6.48. The minimum absolute atomic E-state index is 0.0220. The number of halogens is 3. The Balaban J connectivity index is 1.57. The van der Waals surface area contributed by atoms with E-state index in [9.17, 15) is 9.18 Å². The Hall–Kier alpha value is -1.98. The summed E-state index contributed by atoms with van der Waals surface area (Å²) in [7, 11) is 0. The van der Waals surface area contributed by atoms with Gasteiger partial charge in [0.15, 0.2) is 0 Å². The van der Waals surface area contributed by atoms with Crippen LogP contribution in [0.4, 0.5) is 20.6 Å². The Morgan fingerprint density at radius 3 is 2.83 bits per heavy atom. The summed E-state index contributed by atoms with van der Waals surface area (Å²) in [6.45, 7) is 1.38. The molecular formula is C17H16Cl2FN3O. The highest BCUT2D eigenvalue weighted by molar-refractivity contribution is 6.35. The molecule has 0 saturated carbocycles. The van der Waals surface area contributed by atoms with Gasteiger partial charge in [0, 0.05) is 29.8 Å². The third-order valence-electron chi connectivity index (χ3n) is 3.87. The predicted octanol–water partition coefficient (Wildman–Crippen LogP) is 4.53. The van der Waals surface area contributed by atoms with Gasteiger partial charge in [-0.2, -0.15) is 0 Å². The summed E-state index contributed by atoms with van der Waals surface area (Å²) in [6.07, 6.45) is 0.785. The number of hydrogen-bond acceptors (Lipinski definition) is 2. The van der Waals surface area contributed by atoms with Crippen molar-refractivity contribution in [2.24, 2.45) is 0 Å². The molecule has 0 spiro atoms. The van der Waals surface area contributed by atoms with Crippen molar-refractivity contribution in [1.82, 2.24) is 5.32 Å². The molecule has 0 bridgehead atoms. The van der Waals surface area contributed by atoms with Crippen LogP contribution in [0.15, 0.2) is 42.5 Å². The lowest BCUT2D eigenvalue weighted by atomic mass is 10.2. The topological polar surface area (TPSA) is 44.4 Å². The highest BCUT2D eigenvalue weighted by atomic mass is 35.5. The second kappa shape index (κ2) is 7.28. The molecule has 2 N–H and O–H groups in total. The number of anilines is 2. The van der Waals surface area contributed by atoms with E-state index in [2.05, 4.69) is 10.6 Å². The van der Waals surface area contributed by atoms with Crippen LogP contribution in [0.25, 0.3) is 0 Å². The van der Waals surface area contributed by atoms with Gasteiger partial charge in [0.25, 0.3) is 0 Å². The molecule has 1 fully saturated rings. The molecule has 0 aliphatic carbocycles. The summed E-state index contributed by atoms with van der Waals surface area (Å²) in [6, 6.07) is 11.0. The number of urea groups is 1. The van der Waals surface area contributed by atoms with Crippen molar-refractivity contribution in [3.05, 3.63) is 58.3 Å². The van der Waals surface area contributed by atoms with Crippen molar-refractivity contribution in [2.45, 2.75) is 12.5 Å². The van der Waals surface area contributed by atoms with Gasteiger partial charge in [0.1, 0.15) is 5.82 Å². The van der Waals surface area contributed by atoms with Crippen LogP contribution in [0.3, 0.4) is 0 Å². The quantitative estimate of drug-likeness (QED) is 0.836. The Morgan fingerprint density at radius 1 is 1.21 bits per heavy atom. The Bertz CT molecular complexity index is 756. The van der Waals surface area contributed by atoms with E-state index in [0.717, 1.165) is 18.7 Å². The van der Waals surface area contributed by atoms with Crippen LogP contribution >= 0.6 is 23.2 Å². The monoisotopic (exact) mass is 367 g/mol. The van der Waals surface area contributed by atoms with Crippen LogP contribution in [-0.4, -0.2) is 25.2 Å². The first-order chi connectivity index (χ1) is 11.5. The smallest absolute Gasteiger partial charge is 0.319 e. The lowest BCUT2D eigenvalue weighted by Crippen LogP contribution is -2.39. The minimum atomic E-state index is -0.342. The number of carbonyl (C=O) groups is 1. The number of nitrogens with one attached hydrogen (secondary N) is 2. The van der Waals surface area contributed by atoms with E-state index < -0.39 is 0 Å². The van der Waals surface area contributed by atoms with Crippen molar-refractivity contribution in [2.75, 3.05) is 23.3 Å². The first-order valence-electron chi connectivity index (χ1n) is 7.54. The van der Waals surface area contributed by atoms with Crippen LogP contribution < -0.4 is 15.5 Å². The van der Waals surface area contributed by atoms with E-state index in [1.54, 1.807) is 24.3 Å². The summed E-state index contributed by atoms with van der Waals surface area (Å²) in [4.78, 5) is 14.2. The molecule has 2 aromatic rings. The number of amides is 2. The second-order valence-electron chi connectivity index (χ2n) is 5.63. The molecule has 3 rings (SSSR count). The molecule has 24 heavy (non-hydrogen) atoms. The SMILES string of the molecule is O=C(Nc1cc(Cl)ccc1Cl)N[C@@H]1CCN(c2cccc(F)c2)C1. The fourth-order valence-corrected chi connectivity index (χ4v) is 3.06. The number of carbonyl (C=O) groups excluding carboxylic acids is 1. The Labute approximate surface area is 149 Å². The zero-order valence-electron chi connectivity index (χ0n) is 12.7. The Morgan fingerprint density at radius 2 is 2.04 bits per heavy atom. The molecule has 1 atom stereocenters. The lowest BCUT2D eigenvalue weighted by molar-refractivity contribution is 0.249. The fourth-order valence-electron chi connectivity index (χ4n) is 2.72. The normalized spacial score (nSPS) is 17.0. The maximum Gasteiger partial charge on any atom is 0.319 e. The molecular weight excluding hydrogens is 352 g/mol. The minimum Gasteiger partial charge on any atom is -0.369 e. The van der Waals surface area contributed by atoms with E-state index in [-0.39, 0.29) is 17.9 Å². The number of nitrogens with zero attached hydrogens (tertiary/aromatic N) is 1. The predicted molar refractivity (Wildman–Crippen MR) is 95.6 cm³/mol. The molecule has 126 valence electrons. The summed E-state index contributed by atoms with van der Waals surface area (Å²) in [5.74, 6) is -0.266. The lowest BCUT2D eigenvalue weighted by Gasteiger charge is -2.19. The van der Waals surface area contributed by atoms with Gasteiger partial charge < -0.3 is 15.5 Å². The van der Waals surface area contributed by atoms with Crippen LogP contribution in [0.2, 0.25) is 10.0 Å². The highest BCUT2D eigenvalue weighted by Gasteiger charge is 2.24. The zero-order chi connectivity index (χ0) is 17.1. The number of rotatable bonds is 3. The molecule has 1 heterocycles. The van der Waals surface area contributed by atoms with Crippen molar-refractivity contribution in [3.63, 3.8) is 0 Å². The molecule has 7 heteroatoms. The summed E-state index contributed by atoms with van der Waals surface area (Å²) in [5.41, 5.74) is 1.28. The Kier molecular flexibility index (Phi) is 5.11. The van der Waals surface area contributed by atoms with E-state index in [1.807, 2.05) is 11.0 Å². The molecule has 1 aliphatic rings. The number of benzene rings is 2. The summed E-state index contributed by atoms with van der Waals surface area (Å²) in [5, 5.41) is 6.51. The van der Waals surface area contributed by atoms with Gasteiger partial charge in [-0.3, -0.25) is 0 Å². The zero-order valence-corrected chi connectivity index (χ0v) is 14.2.